The lowest BCUT2D eigenvalue weighted by Gasteiger charge is -2.57. The number of carbonyl (C=O) groups excluding carboxylic acids is 2. The van der Waals surface area contributed by atoms with Gasteiger partial charge in [-0.25, -0.2) is 9.48 Å². The maximum atomic E-state index is 12.8. The molecule has 1 N–H and O–H groups in total. The second-order valence-electron chi connectivity index (χ2n) is 9.67. The second kappa shape index (κ2) is 7.25. The van der Waals surface area contributed by atoms with Crippen LogP contribution in [0, 0.1) is 24.7 Å². The number of rotatable bonds is 5. The zero-order valence-electron chi connectivity index (χ0n) is 17.6. The van der Waals surface area contributed by atoms with E-state index < -0.39 is 12.1 Å². The number of esters is 1. The molecule has 1 aromatic carbocycles. The molecule has 1 heterocycles. The predicted molar refractivity (Wildman–Crippen MR) is 112 cm³/mol. The van der Waals surface area contributed by atoms with Gasteiger partial charge in [0.15, 0.2) is 6.10 Å². The number of aromatic nitrogens is 2. The Morgan fingerprint density at radius 3 is 2.20 bits per heavy atom. The highest BCUT2D eigenvalue weighted by atomic mass is 16.5. The zero-order valence-corrected chi connectivity index (χ0v) is 17.6. The van der Waals surface area contributed by atoms with Gasteiger partial charge in [-0.05, 0) is 100 Å². The number of hydrogen-bond donors (Lipinski definition) is 1. The minimum atomic E-state index is -0.807. The molecule has 0 spiro atoms. The van der Waals surface area contributed by atoms with Gasteiger partial charge in [0, 0.05) is 17.4 Å². The third-order valence-corrected chi connectivity index (χ3v) is 7.26. The summed E-state index contributed by atoms with van der Waals surface area (Å²) in [6, 6.07) is 9.00. The topological polar surface area (TPSA) is 73.2 Å². The van der Waals surface area contributed by atoms with Crippen molar-refractivity contribution in [1.82, 2.24) is 15.1 Å². The van der Waals surface area contributed by atoms with Crippen LogP contribution in [-0.4, -0.2) is 33.3 Å². The number of benzene rings is 1. The van der Waals surface area contributed by atoms with Gasteiger partial charge in [0.05, 0.1) is 11.3 Å². The van der Waals surface area contributed by atoms with Gasteiger partial charge in [-0.1, -0.05) is 0 Å². The van der Waals surface area contributed by atoms with Crippen LogP contribution in [0.2, 0.25) is 0 Å². The summed E-state index contributed by atoms with van der Waals surface area (Å²) in [6.45, 7) is 3.63. The fraction of sp³-hybridized carbons (Fsp3) is 0.542. The summed E-state index contributed by atoms with van der Waals surface area (Å²) in [5.41, 5.74) is 2.25. The maximum absolute atomic E-state index is 12.8. The molecule has 6 rings (SSSR count). The number of nitrogens with zero attached hydrogens (tertiary/aromatic N) is 2. The van der Waals surface area contributed by atoms with Crippen LogP contribution < -0.4 is 5.32 Å². The fourth-order valence-electron chi connectivity index (χ4n) is 6.29. The first-order valence-electron chi connectivity index (χ1n) is 11.0. The van der Waals surface area contributed by atoms with Gasteiger partial charge < -0.3 is 10.1 Å². The molecule has 4 aliphatic rings. The molecule has 4 saturated carbocycles. The molecule has 30 heavy (non-hydrogen) atoms. The summed E-state index contributed by atoms with van der Waals surface area (Å²) in [6.07, 6.45) is 8.16. The third kappa shape index (κ3) is 3.53. The Bertz CT molecular complexity index is 927. The van der Waals surface area contributed by atoms with Crippen molar-refractivity contribution in [1.29, 1.82) is 0 Å². The quantitative estimate of drug-likeness (QED) is 0.765. The summed E-state index contributed by atoms with van der Waals surface area (Å²) in [5, 5.41) is 7.56. The Hall–Kier alpha value is -2.63. The van der Waals surface area contributed by atoms with Crippen molar-refractivity contribution in [2.24, 2.45) is 17.8 Å². The number of hydrogen-bond acceptors (Lipinski definition) is 4. The highest BCUT2D eigenvalue weighted by Gasteiger charge is 2.51. The molecule has 158 valence electrons. The molecule has 0 radical (unpaired) electrons. The maximum Gasteiger partial charge on any atom is 0.338 e. The van der Waals surface area contributed by atoms with E-state index in [1.165, 1.54) is 19.3 Å². The molecule has 2 aromatic rings. The van der Waals surface area contributed by atoms with E-state index in [1.807, 2.05) is 25.1 Å². The van der Waals surface area contributed by atoms with Gasteiger partial charge in [-0.2, -0.15) is 5.10 Å². The van der Waals surface area contributed by atoms with Gasteiger partial charge in [-0.3, -0.25) is 4.79 Å². The Labute approximate surface area is 177 Å². The van der Waals surface area contributed by atoms with Crippen molar-refractivity contribution in [2.75, 3.05) is 0 Å². The van der Waals surface area contributed by atoms with Gasteiger partial charge in [-0.15, -0.1) is 0 Å². The molecule has 1 amide bonds. The second-order valence-corrected chi connectivity index (χ2v) is 9.67. The summed E-state index contributed by atoms with van der Waals surface area (Å²) in [4.78, 5) is 25.4. The Morgan fingerprint density at radius 2 is 1.67 bits per heavy atom. The first-order valence-corrected chi connectivity index (χ1v) is 11.0. The highest BCUT2D eigenvalue weighted by Crippen LogP contribution is 2.55. The van der Waals surface area contributed by atoms with Gasteiger partial charge in [0.1, 0.15) is 0 Å². The molecule has 1 atom stereocenters. The van der Waals surface area contributed by atoms with E-state index in [4.69, 9.17) is 4.74 Å². The Kier molecular flexibility index (Phi) is 4.68. The van der Waals surface area contributed by atoms with Gasteiger partial charge >= 0.3 is 5.97 Å². The predicted octanol–water partition coefficient (Wildman–Crippen LogP) is 3.81. The number of carbonyl (C=O) groups is 2. The molecular formula is C24H29N3O3. The van der Waals surface area contributed by atoms with E-state index >= 15 is 0 Å². The van der Waals surface area contributed by atoms with E-state index in [0.29, 0.717) is 5.56 Å². The summed E-state index contributed by atoms with van der Waals surface area (Å²) in [5.74, 6) is 1.62. The average Bonchev–Trinajstić information content (AvgIpc) is 3.12. The fourth-order valence-corrected chi connectivity index (χ4v) is 6.29. The van der Waals surface area contributed by atoms with Crippen LogP contribution in [-0.2, 0) is 9.53 Å². The van der Waals surface area contributed by atoms with Crippen LogP contribution in [0.15, 0.2) is 36.5 Å². The standard InChI is InChI=1S/C24H29N3O3/c1-15-7-8-25-27(15)21-5-3-20(4-6-21)23(29)30-16(2)22(28)26-24-12-17-9-18(13-24)11-19(10-17)14-24/h3-8,16-19H,9-14H2,1-2H3,(H,26,28)/t16-,17?,18?,19?,24?/m0/s1. The van der Waals surface area contributed by atoms with Crippen LogP contribution in [0.4, 0.5) is 0 Å². The first kappa shape index (κ1) is 19.3. The number of aryl methyl sites for hydroxylation is 1. The van der Waals surface area contributed by atoms with Gasteiger partial charge in [0.25, 0.3) is 5.91 Å². The summed E-state index contributed by atoms with van der Waals surface area (Å²) < 4.78 is 7.30. The molecule has 0 aliphatic heterocycles. The normalized spacial score (nSPS) is 30.1. The van der Waals surface area contributed by atoms with Crippen LogP contribution in [0.5, 0.6) is 0 Å². The molecule has 4 bridgehead atoms. The summed E-state index contributed by atoms with van der Waals surface area (Å²) in [7, 11) is 0. The Balaban J connectivity index is 1.21. The molecule has 0 unspecified atom stereocenters. The average molecular weight is 408 g/mol. The van der Waals surface area contributed by atoms with E-state index in [1.54, 1.807) is 29.9 Å². The van der Waals surface area contributed by atoms with Crippen molar-refractivity contribution in [3.05, 3.63) is 47.8 Å². The minimum Gasteiger partial charge on any atom is -0.449 e. The van der Waals surface area contributed by atoms with E-state index in [9.17, 15) is 9.59 Å². The Morgan fingerprint density at radius 1 is 1.07 bits per heavy atom. The van der Waals surface area contributed by atoms with E-state index in [-0.39, 0.29) is 11.4 Å². The van der Waals surface area contributed by atoms with Crippen molar-refractivity contribution in [3.8, 4) is 5.69 Å². The molecule has 4 aliphatic carbocycles. The molecule has 1 aromatic heterocycles. The third-order valence-electron chi connectivity index (χ3n) is 7.26. The van der Waals surface area contributed by atoms with Crippen molar-refractivity contribution < 1.29 is 14.3 Å². The lowest BCUT2D eigenvalue weighted by Crippen LogP contribution is -2.61. The largest absolute Gasteiger partial charge is 0.449 e. The molecular weight excluding hydrogens is 378 g/mol. The lowest BCUT2D eigenvalue weighted by molar-refractivity contribution is -0.134. The highest BCUT2D eigenvalue weighted by molar-refractivity contribution is 5.92. The van der Waals surface area contributed by atoms with Crippen LogP contribution in [0.3, 0.4) is 0 Å². The van der Waals surface area contributed by atoms with E-state index in [2.05, 4.69) is 10.4 Å². The molecule has 4 fully saturated rings. The van der Waals surface area contributed by atoms with Crippen molar-refractivity contribution in [2.45, 2.75) is 64.0 Å². The van der Waals surface area contributed by atoms with Crippen LogP contribution >= 0.6 is 0 Å². The number of amides is 1. The number of ether oxygens (including phenoxy) is 1. The lowest BCUT2D eigenvalue weighted by atomic mass is 9.53. The van der Waals surface area contributed by atoms with Crippen molar-refractivity contribution in [3.63, 3.8) is 0 Å². The van der Waals surface area contributed by atoms with E-state index in [0.717, 1.165) is 48.4 Å². The molecule has 0 saturated heterocycles. The SMILES string of the molecule is Cc1ccnn1-c1ccc(C(=O)O[C@@H](C)C(=O)NC23CC4CC(CC(C4)C2)C3)cc1. The van der Waals surface area contributed by atoms with Crippen LogP contribution in [0.25, 0.3) is 5.69 Å². The molecule has 6 heteroatoms. The zero-order chi connectivity index (χ0) is 20.9. The summed E-state index contributed by atoms with van der Waals surface area (Å²) >= 11 is 0. The smallest absolute Gasteiger partial charge is 0.338 e. The van der Waals surface area contributed by atoms with Crippen LogP contribution in [0.1, 0.15) is 61.5 Å². The van der Waals surface area contributed by atoms with Gasteiger partial charge in [0.2, 0.25) is 0 Å². The molecule has 6 nitrogen and oxygen atoms in total. The minimum absolute atomic E-state index is 0.0736. The monoisotopic (exact) mass is 407 g/mol. The number of nitrogens with one attached hydrogen (secondary N) is 1. The van der Waals surface area contributed by atoms with Crippen molar-refractivity contribution >= 4 is 11.9 Å². The first-order chi connectivity index (χ1) is 14.4.